The summed E-state index contributed by atoms with van der Waals surface area (Å²) in [6.07, 6.45) is 5.17. The summed E-state index contributed by atoms with van der Waals surface area (Å²) in [6, 6.07) is 0. The number of nitrogens with one attached hydrogen (secondary N) is 1. The third kappa shape index (κ3) is 1.10. The van der Waals surface area contributed by atoms with Gasteiger partial charge in [-0.1, -0.05) is 6.58 Å². The first-order valence-electron chi connectivity index (χ1n) is 2.69. The molecule has 1 N–H and O–H groups in total. The molecule has 0 saturated heterocycles. The zero-order valence-electron chi connectivity index (χ0n) is 5.33. The zero-order valence-corrected chi connectivity index (χ0v) is 5.33. The molecule has 0 spiro atoms. The van der Waals surface area contributed by atoms with Gasteiger partial charge in [-0.15, -0.1) is 0 Å². The molecule has 0 bridgehead atoms. The highest BCUT2D eigenvalue weighted by Gasteiger charge is 1.93. The lowest BCUT2D eigenvalue weighted by atomic mass is 10.8. The van der Waals surface area contributed by atoms with Crippen molar-refractivity contribution in [2.75, 3.05) is 11.9 Å². The van der Waals surface area contributed by atoms with Crippen molar-refractivity contribution in [1.29, 1.82) is 0 Å². The van der Waals surface area contributed by atoms with Crippen LogP contribution in [0.3, 0.4) is 0 Å². The number of imidazole rings is 1. The Morgan fingerprint density at radius 3 is 3.11 bits per heavy atom. The minimum atomic E-state index is 0.810. The molecule has 48 valence electrons. The lowest BCUT2D eigenvalue weighted by molar-refractivity contribution is 1.09. The standard InChI is InChI=1S/C6H9N3/c1-3-9(2)6-7-4-5-8-6/h3-5H,1H2,2H3,(H,7,8). The average Bonchev–Trinajstić information content (AvgIpc) is 2.37. The number of rotatable bonds is 2. The number of hydrogen-bond donors (Lipinski definition) is 1. The van der Waals surface area contributed by atoms with Crippen LogP contribution >= 0.6 is 0 Å². The predicted molar refractivity (Wildman–Crippen MR) is 37.2 cm³/mol. The van der Waals surface area contributed by atoms with E-state index in [1.54, 1.807) is 23.5 Å². The van der Waals surface area contributed by atoms with Gasteiger partial charge in [0.15, 0.2) is 0 Å². The lowest BCUT2D eigenvalue weighted by Gasteiger charge is -2.06. The van der Waals surface area contributed by atoms with E-state index >= 15 is 0 Å². The average molecular weight is 123 g/mol. The smallest absolute Gasteiger partial charge is 0.206 e. The molecule has 0 saturated carbocycles. The molecular weight excluding hydrogens is 114 g/mol. The van der Waals surface area contributed by atoms with Crippen LogP contribution in [0.2, 0.25) is 0 Å². The van der Waals surface area contributed by atoms with Crippen LogP contribution in [0.25, 0.3) is 0 Å². The van der Waals surface area contributed by atoms with Gasteiger partial charge >= 0.3 is 0 Å². The molecule has 3 heteroatoms. The maximum atomic E-state index is 3.99. The second-order valence-corrected chi connectivity index (χ2v) is 1.71. The van der Waals surface area contributed by atoms with Crippen molar-refractivity contribution >= 4 is 5.95 Å². The minimum Gasteiger partial charge on any atom is -0.331 e. The van der Waals surface area contributed by atoms with Crippen LogP contribution in [-0.4, -0.2) is 17.0 Å². The highest BCUT2D eigenvalue weighted by atomic mass is 15.2. The molecule has 1 rings (SSSR count). The third-order valence-corrected chi connectivity index (χ3v) is 1.09. The van der Waals surface area contributed by atoms with E-state index in [0.717, 1.165) is 5.95 Å². The maximum Gasteiger partial charge on any atom is 0.206 e. The van der Waals surface area contributed by atoms with E-state index in [9.17, 15) is 0 Å². The second-order valence-electron chi connectivity index (χ2n) is 1.71. The Balaban J connectivity index is 2.76. The SMILES string of the molecule is C=CN(C)c1ncc[nH]1. The van der Waals surface area contributed by atoms with Gasteiger partial charge in [-0.3, -0.25) is 0 Å². The molecule has 1 aromatic rings. The molecule has 9 heavy (non-hydrogen) atoms. The van der Waals surface area contributed by atoms with Crippen LogP contribution < -0.4 is 4.90 Å². The van der Waals surface area contributed by atoms with Crippen molar-refractivity contribution in [3.63, 3.8) is 0 Å². The molecule has 1 heterocycles. The summed E-state index contributed by atoms with van der Waals surface area (Å²) in [7, 11) is 1.88. The maximum absolute atomic E-state index is 3.99. The predicted octanol–water partition coefficient (Wildman–Crippen LogP) is 0.989. The number of aromatic amines is 1. The van der Waals surface area contributed by atoms with E-state index in [1.165, 1.54) is 0 Å². The van der Waals surface area contributed by atoms with E-state index in [1.807, 2.05) is 7.05 Å². The summed E-state index contributed by atoms with van der Waals surface area (Å²) in [5.41, 5.74) is 0. The fourth-order valence-electron chi connectivity index (χ4n) is 0.536. The van der Waals surface area contributed by atoms with E-state index in [-0.39, 0.29) is 0 Å². The van der Waals surface area contributed by atoms with Gasteiger partial charge < -0.3 is 9.88 Å². The summed E-state index contributed by atoms with van der Waals surface area (Å²) in [6.45, 7) is 3.58. The molecule has 1 aromatic heterocycles. The van der Waals surface area contributed by atoms with Crippen molar-refractivity contribution in [2.24, 2.45) is 0 Å². The molecular formula is C6H9N3. The molecule has 0 aliphatic heterocycles. The van der Waals surface area contributed by atoms with Gasteiger partial charge in [0.2, 0.25) is 5.95 Å². The lowest BCUT2D eigenvalue weighted by Crippen LogP contribution is -2.08. The van der Waals surface area contributed by atoms with Gasteiger partial charge in [0, 0.05) is 19.4 Å². The van der Waals surface area contributed by atoms with Crippen molar-refractivity contribution in [3.8, 4) is 0 Å². The van der Waals surface area contributed by atoms with Crippen LogP contribution in [0, 0.1) is 0 Å². The van der Waals surface area contributed by atoms with Gasteiger partial charge in [0.25, 0.3) is 0 Å². The highest BCUT2D eigenvalue weighted by Crippen LogP contribution is 2.00. The fourth-order valence-corrected chi connectivity index (χ4v) is 0.536. The normalized spacial score (nSPS) is 9.00. The Kier molecular flexibility index (Phi) is 1.53. The van der Waals surface area contributed by atoms with Crippen LogP contribution in [0.15, 0.2) is 25.2 Å². The molecule has 0 fully saturated rings. The van der Waals surface area contributed by atoms with Crippen molar-refractivity contribution < 1.29 is 0 Å². The van der Waals surface area contributed by atoms with Gasteiger partial charge in [0.1, 0.15) is 0 Å². The number of H-pyrrole nitrogens is 1. The largest absolute Gasteiger partial charge is 0.331 e. The Morgan fingerprint density at radius 2 is 2.67 bits per heavy atom. The second kappa shape index (κ2) is 2.35. The van der Waals surface area contributed by atoms with E-state index in [4.69, 9.17) is 0 Å². The van der Waals surface area contributed by atoms with E-state index < -0.39 is 0 Å². The monoisotopic (exact) mass is 123 g/mol. The molecule has 0 atom stereocenters. The molecule has 3 nitrogen and oxygen atoms in total. The van der Waals surface area contributed by atoms with Gasteiger partial charge in [0.05, 0.1) is 0 Å². The number of nitrogens with zero attached hydrogens (tertiary/aromatic N) is 2. The van der Waals surface area contributed by atoms with Crippen molar-refractivity contribution in [2.45, 2.75) is 0 Å². The van der Waals surface area contributed by atoms with Gasteiger partial charge in [-0.25, -0.2) is 4.98 Å². The van der Waals surface area contributed by atoms with Gasteiger partial charge in [-0.05, 0) is 6.20 Å². The van der Waals surface area contributed by atoms with Crippen molar-refractivity contribution in [3.05, 3.63) is 25.2 Å². The van der Waals surface area contributed by atoms with Crippen LogP contribution in [0.1, 0.15) is 0 Å². The molecule has 0 radical (unpaired) electrons. The van der Waals surface area contributed by atoms with Crippen LogP contribution in [0.5, 0.6) is 0 Å². The Hall–Kier alpha value is -1.25. The third-order valence-electron chi connectivity index (χ3n) is 1.09. The Bertz CT molecular complexity index is 178. The first-order valence-corrected chi connectivity index (χ1v) is 2.69. The summed E-state index contributed by atoms with van der Waals surface area (Å²) < 4.78 is 0. The van der Waals surface area contributed by atoms with Crippen LogP contribution in [0.4, 0.5) is 5.95 Å². The van der Waals surface area contributed by atoms with E-state index in [0.29, 0.717) is 0 Å². The molecule has 0 aliphatic rings. The fraction of sp³-hybridized carbons (Fsp3) is 0.167. The summed E-state index contributed by atoms with van der Waals surface area (Å²) in [4.78, 5) is 8.72. The number of anilines is 1. The van der Waals surface area contributed by atoms with Gasteiger partial charge in [-0.2, -0.15) is 0 Å². The molecule has 0 aromatic carbocycles. The molecule has 0 unspecified atom stereocenters. The molecule has 0 aliphatic carbocycles. The summed E-state index contributed by atoms with van der Waals surface area (Å²) >= 11 is 0. The first-order chi connectivity index (χ1) is 4.34. The quantitative estimate of drug-likeness (QED) is 0.636. The highest BCUT2D eigenvalue weighted by molar-refractivity contribution is 5.30. The minimum absolute atomic E-state index is 0.810. The number of hydrogen-bond acceptors (Lipinski definition) is 2. The van der Waals surface area contributed by atoms with Crippen molar-refractivity contribution in [1.82, 2.24) is 9.97 Å². The van der Waals surface area contributed by atoms with Crippen LogP contribution in [-0.2, 0) is 0 Å². The first kappa shape index (κ1) is 5.88. The summed E-state index contributed by atoms with van der Waals surface area (Å²) in [5.74, 6) is 0.810. The zero-order chi connectivity index (χ0) is 6.69. The van der Waals surface area contributed by atoms with E-state index in [2.05, 4.69) is 16.5 Å². The Morgan fingerprint density at radius 1 is 1.89 bits per heavy atom. The summed E-state index contributed by atoms with van der Waals surface area (Å²) in [5, 5.41) is 0. The molecule has 0 amide bonds. The Labute approximate surface area is 54.0 Å². The topological polar surface area (TPSA) is 31.9 Å². The number of aromatic nitrogens is 2.